The first kappa shape index (κ1) is 15.1. The number of imidazole rings is 1. The zero-order valence-electron chi connectivity index (χ0n) is 11.8. The first-order chi connectivity index (χ1) is 10.9. The number of hydrogen-bond donors (Lipinski definition) is 1. The second-order valence-corrected chi connectivity index (χ2v) is 4.93. The summed E-state index contributed by atoms with van der Waals surface area (Å²) in [6.45, 7) is -0.220. The fraction of sp³-hybridized carbons (Fsp3) is 0.125. The number of fused-ring (bicyclic) bond motifs is 1. The third kappa shape index (κ3) is 3.18. The summed E-state index contributed by atoms with van der Waals surface area (Å²) in [5, 5.41) is 2.47. The summed E-state index contributed by atoms with van der Waals surface area (Å²) in [5.74, 6) is -0.523. The van der Waals surface area contributed by atoms with Gasteiger partial charge in [0.1, 0.15) is 11.3 Å². The molecule has 0 fully saturated rings. The van der Waals surface area contributed by atoms with Gasteiger partial charge < -0.3 is 9.72 Å². The molecular weight excluding hydrogens is 307 g/mol. The summed E-state index contributed by atoms with van der Waals surface area (Å²) in [4.78, 5) is 16.2. The molecule has 0 aliphatic carbocycles. The van der Waals surface area contributed by atoms with Crippen LogP contribution in [-0.4, -0.2) is 15.3 Å². The molecule has 3 aromatic rings. The molecule has 118 valence electrons. The molecule has 0 aliphatic heterocycles. The SMILES string of the molecule is O=C(NCc1ccccc1C(F)(F)F)c1cn2ccccc2n1. The lowest BCUT2D eigenvalue weighted by atomic mass is 10.1. The standard InChI is InChI=1S/C16H12F3N3O/c17-16(18,19)12-6-2-1-5-11(12)9-20-15(23)13-10-22-8-4-3-7-14(22)21-13/h1-8,10H,9H2,(H,20,23). The highest BCUT2D eigenvalue weighted by atomic mass is 19.4. The number of carbonyl (C=O) groups excluding carboxylic acids is 1. The van der Waals surface area contributed by atoms with Crippen LogP contribution < -0.4 is 5.32 Å². The molecule has 0 saturated heterocycles. The molecule has 1 aromatic carbocycles. The van der Waals surface area contributed by atoms with Crippen LogP contribution in [-0.2, 0) is 12.7 Å². The molecule has 0 saturated carbocycles. The van der Waals surface area contributed by atoms with Crippen LogP contribution in [0, 0.1) is 0 Å². The minimum atomic E-state index is -4.45. The van der Waals surface area contributed by atoms with Gasteiger partial charge in [-0.15, -0.1) is 0 Å². The monoisotopic (exact) mass is 319 g/mol. The predicted molar refractivity (Wildman–Crippen MR) is 77.8 cm³/mol. The molecule has 3 rings (SSSR count). The molecule has 0 atom stereocenters. The van der Waals surface area contributed by atoms with E-state index in [2.05, 4.69) is 10.3 Å². The van der Waals surface area contributed by atoms with Crippen LogP contribution in [0.5, 0.6) is 0 Å². The minimum absolute atomic E-state index is 0.0112. The first-order valence-electron chi connectivity index (χ1n) is 6.82. The van der Waals surface area contributed by atoms with E-state index in [-0.39, 0.29) is 17.8 Å². The van der Waals surface area contributed by atoms with Crippen molar-refractivity contribution in [2.45, 2.75) is 12.7 Å². The Morgan fingerprint density at radius 1 is 1.13 bits per heavy atom. The Balaban J connectivity index is 1.77. The van der Waals surface area contributed by atoms with Gasteiger partial charge in [-0.25, -0.2) is 4.98 Å². The number of carbonyl (C=O) groups is 1. The van der Waals surface area contributed by atoms with E-state index in [1.165, 1.54) is 24.4 Å². The minimum Gasteiger partial charge on any atom is -0.347 e. The number of rotatable bonds is 3. The molecule has 1 N–H and O–H groups in total. The zero-order chi connectivity index (χ0) is 16.4. The summed E-state index contributed by atoms with van der Waals surface area (Å²) in [5.41, 5.74) is 0.00134. The molecule has 0 spiro atoms. The number of benzene rings is 1. The third-order valence-electron chi connectivity index (χ3n) is 3.36. The van der Waals surface area contributed by atoms with Crippen molar-refractivity contribution in [2.24, 2.45) is 0 Å². The van der Waals surface area contributed by atoms with Gasteiger partial charge in [0, 0.05) is 18.9 Å². The number of amides is 1. The van der Waals surface area contributed by atoms with Crippen molar-refractivity contribution in [1.82, 2.24) is 14.7 Å². The summed E-state index contributed by atoms with van der Waals surface area (Å²) in [6, 6.07) is 10.5. The Kier molecular flexibility index (Phi) is 3.77. The van der Waals surface area contributed by atoms with Crippen molar-refractivity contribution in [3.63, 3.8) is 0 Å². The van der Waals surface area contributed by atoms with Gasteiger partial charge in [0.2, 0.25) is 0 Å². The highest BCUT2D eigenvalue weighted by Gasteiger charge is 2.32. The van der Waals surface area contributed by atoms with Gasteiger partial charge in [-0.2, -0.15) is 13.2 Å². The molecule has 2 heterocycles. The Bertz CT molecular complexity index is 822. The predicted octanol–water partition coefficient (Wildman–Crippen LogP) is 3.28. The van der Waals surface area contributed by atoms with Crippen LogP contribution >= 0.6 is 0 Å². The number of pyridine rings is 1. The molecule has 0 bridgehead atoms. The van der Waals surface area contributed by atoms with E-state index in [0.29, 0.717) is 5.65 Å². The second-order valence-electron chi connectivity index (χ2n) is 4.93. The van der Waals surface area contributed by atoms with Crippen LogP contribution in [0.25, 0.3) is 5.65 Å². The normalized spacial score (nSPS) is 11.6. The molecule has 2 aromatic heterocycles. The maximum Gasteiger partial charge on any atom is 0.416 e. The largest absolute Gasteiger partial charge is 0.416 e. The van der Waals surface area contributed by atoms with E-state index >= 15 is 0 Å². The molecule has 7 heteroatoms. The second kappa shape index (κ2) is 5.75. The van der Waals surface area contributed by atoms with E-state index in [1.807, 2.05) is 0 Å². The van der Waals surface area contributed by atoms with Gasteiger partial charge in [-0.1, -0.05) is 24.3 Å². The molecule has 23 heavy (non-hydrogen) atoms. The van der Waals surface area contributed by atoms with Crippen molar-refractivity contribution >= 4 is 11.6 Å². The topological polar surface area (TPSA) is 46.4 Å². The maximum atomic E-state index is 12.9. The number of hydrogen-bond acceptors (Lipinski definition) is 2. The molecule has 4 nitrogen and oxygen atoms in total. The average Bonchev–Trinajstić information content (AvgIpc) is 2.96. The lowest BCUT2D eigenvalue weighted by molar-refractivity contribution is -0.138. The van der Waals surface area contributed by atoms with Crippen molar-refractivity contribution in [2.75, 3.05) is 0 Å². The lowest BCUT2D eigenvalue weighted by Gasteiger charge is -2.12. The fourth-order valence-electron chi connectivity index (χ4n) is 2.26. The Hall–Kier alpha value is -2.83. The van der Waals surface area contributed by atoms with Crippen molar-refractivity contribution < 1.29 is 18.0 Å². The first-order valence-corrected chi connectivity index (χ1v) is 6.82. The number of nitrogens with one attached hydrogen (secondary N) is 1. The van der Waals surface area contributed by atoms with Crippen LogP contribution in [0.4, 0.5) is 13.2 Å². The van der Waals surface area contributed by atoms with Crippen molar-refractivity contribution in [3.8, 4) is 0 Å². The molecule has 0 unspecified atom stereocenters. The molecular formula is C16H12F3N3O. The molecule has 1 amide bonds. The number of halogens is 3. The van der Waals surface area contributed by atoms with E-state index in [9.17, 15) is 18.0 Å². The van der Waals surface area contributed by atoms with Gasteiger partial charge in [-0.3, -0.25) is 4.79 Å². The van der Waals surface area contributed by atoms with Crippen LogP contribution in [0.3, 0.4) is 0 Å². The third-order valence-corrected chi connectivity index (χ3v) is 3.36. The maximum absolute atomic E-state index is 12.9. The lowest BCUT2D eigenvalue weighted by Crippen LogP contribution is -2.24. The van der Waals surface area contributed by atoms with Gasteiger partial charge in [0.25, 0.3) is 5.91 Å². The summed E-state index contributed by atoms with van der Waals surface area (Å²) in [6.07, 6.45) is -1.19. The zero-order valence-corrected chi connectivity index (χ0v) is 11.8. The van der Waals surface area contributed by atoms with Crippen molar-refractivity contribution in [3.05, 3.63) is 71.7 Å². The average molecular weight is 319 g/mol. The van der Waals surface area contributed by atoms with Crippen LogP contribution in [0.15, 0.2) is 54.9 Å². The smallest absolute Gasteiger partial charge is 0.347 e. The van der Waals surface area contributed by atoms with E-state index in [4.69, 9.17) is 0 Å². The van der Waals surface area contributed by atoms with Crippen molar-refractivity contribution in [1.29, 1.82) is 0 Å². The highest BCUT2D eigenvalue weighted by Crippen LogP contribution is 2.31. The summed E-state index contributed by atoms with van der Waals surface area (Å²) < 4.78 is 40.4. The van der Waals surface area contributed by atoms with Crippen LogP contribution in [0.2, 0.25) is 0 Å². The number of alkyl halides is 3. The van der Waals surface area contributed by atoms with Gasteiger partial charge in [0.05, 0.1) is 5.56 Å². The Morgan fingerprint density at radius 2 is 1.87 bits per heavy atom. The number of nitrogens with zero attached hydrogens (tertiary/aromatic N) is 2. The van der Waals surface area contributed by atoms with Crippen LogP contribution in [0.1, 0.15) is 21.6 Å². The van der Waals surface area contributed by atoms with E-state index in [0.717, 1.165) is 6.07 Å². The summed E-state index contributed by atoms with van der Waals surface area (Å²) in [7, 11) is 0. The Morgan fingerprint density at radius 3 is 2.61 bits per heavy atom. The van der Waals surface area contributed by atoms with Gasteiger partial charge in [-0.05, 0) is 23.8 Å². The van der Waals surface area contributed by atoms with E-state index in [1.54, 1.807) is 28.8 Å². The Labute approximate surface area is 129 Å². The number of aromatic nitrogens is 2. The van der Waals surface area contributed by atoms with E-state index < -0.39 is 17.6 Å². The molecule has 0 aliphatic rings. The van der Waals surface area contributed by atoms with Gasteiger partial charge >= 0.3 is 6.18 Å². The quantitative estimate of drug-likeness (QED) is 0.805. The summed E-state index contributed by atoms with van der Waals surface area (Å²) >= 11 is 0. The van der Waals surface area contributed by atoms with Gasteiger partial charge in [0.15, 0.2) is 0 Å². The highest BCUT2D eigenvalue weighted by molar-refractivity contribution is 5.92. The fourth-order valence-corrected chi connectivity index (χ4v) is 2.26. The molecule has 0 radical (unpaired) electrons.